The molecule has 0 saturated heterocycles. The van der Waals surface area contributed by atoms with Gasteiger partial charge in [-0.2, -0.15) is 0 Å². The Hall–Kier alpha value is -2.56. The third kappa shape index (κ3) is 2.82. The maximum atomic E-state index is 10.6. The van der Waals surface area contributed by atoms with Crippen molar-refractivity contribution < 1.29 is 4.92 Å². The first-order valence-corrected chi connectivity index (χ1v) is 5.85. The predicted octanol–water partition coefficient (Wildman–Crippen LogP) is 3.54. The van der Waals surface area contributed by atoms with Crippen LogP contribution in [-0.4, -0.2) is 4.92 Å². The van der Waals surface area contributed by atoms with Gasteiger partial charge in [0.25, 0.3) is 5.69 Å². The standard InChI is InChI=1S/C14H15N3O2/c1-9-7-12(8-10(2)14(9)15)16-11-3-5-13(6-4-11)17(18)19/h3-8,16H,15H2,1-2H3. The van der Waals surface area contributed by atoms with Crippen LogP contribution in [0.2, 0.25) is 0 Å². The molecule has 0 amide bonds. The van der Waals surface area contributed by atoms with E-state index in [1.54, 1.807) is 12.1 Å². The molecule has 0 aliphatic heterocycles. The van der Waals surface area contributed by atoms with Crippen molar-refractivity contribution in [2.75, 3.05) is 11.1 Å². The van der Waals surface area contributed by atoms with Crippen LogP contribution in [0.25, 0.3) is 0 Å². The number of aryl methyl sites for hydroxylation is 2. The number of nitrogens with one attached hydrogen (secondary N) is 1. The SMILES string of the molecule is Cc1cc(Nc2ccc([N+](=O)[O-])cc2)cc(C)c1N. The highest BCUT2D eigenvalue weighted by Gasteiger charge is 2.05. The number of nitrogen functional groups attached to an aromatic ring is 1. The molecule has 0 aliphatic carbocycles. The van der Waals surface area contributed by atoms with Crippen molar-refractivity contribution in [1.29, 1.82) is 0 Å². The Bertz CT molecular complexity index is 598. The number of nitrogens with two attached hydrogens (primary N) is 1. The zero-order chi connectivity index (χ0) is 14.0. The summed E-state index contributed by atoms with van der Waals surface area (Å²) in [4.78, 5) is 10.2. The van der Waals surface area contributed by atoms with E-state index in [2.05, 4.69) is 5.32 Å². The van der Waals surface area contributed by atoms with Crippen LogP contribution in [-0.2, 0) is 0 Å². The van der Waals surface area contributed by atoms with Gasteiger partial charge >= 0.3 is 0 Å². The summed E-state index contributed by atoms with van der Waals surface area (Å²) in [7, 11) is 0. The first kappa shape index (κ1) is 12.9. The molecule has 0 atom stereocenters. The third-order valence-corrected chi connectivity index (χ3v) is 2.96. The van der Waals surface area contributed by atoms with Crippen LogP contribution in [0.3, 0.4) is 0 Å². The Balaban J connectivity index is 2.24. The van der Waals surface area contributed by atoms with Gasteiger partial charge in [-0.25, -0.2) is 0 Å². The van der Waals surface area contributed by atoms with Crippen LogP contribution in [0, 0.1) is 24.0 Å². The molecule has 98 valence electrons. The Kier molecular flexibility index (Phi) is 3.37. The smallest absolute Gasteiger partial charge is 0.269 e. The van der Waals surface area contributed by atoms with Crippen molar-refractivity contribution >= 4 is 22.7 Å². The van der Waals surface area contributed by atoms with Crippen molar-refractivity contribution in [3.63, 3.8) is 0 Å². The fourth-order valence-electron chi connectivity index (χ4n) is 1.88. The second kappa shape index (κ2) is 4.97. The van der Waals surface area contributed by atoms with Gasteiger partial charge in [0.05, 0.1) is 4.92 Å². The lowest BCUT2D eigenvalue weighted by Gasteiger charge is -2.11. The molecule has 2 rings (SSSR count). The number of nitro groups is 1. The lowest BCUT2D eigenvalue weighted by atomic mass is 10.1. The number of rotatable bonds is 3. The molecule has 2 aromatic rings. The molecule has 19 heavy (non-hydrogen) atoms. The highest BCUT2D eigenvalue weighted by molar-refractivity contribution is 5.67. The largest absolute Gasteiger partial charge is 0.398 e. The second-order valence-electron chi connectivity index (χ2n) is 4.45. The number of hydrogen-bond donors (Lipinski definition) is 2. The normalized spacial score (nSPS) is 10.2. The first-order valence-electron chi connectivity index (χ1n) is 5.85. The summed E-state index contributed by atoms with van der Waals surface area (Å²) >= 11 is 0. The minimum atomic E-state index is -0.415. The van der Waals surface area contributed by atoms with Gasteiger partial charge < -0.3 is 11.1 Å². The highest BCUT2D eigenvalue weighted by atomic mass is 16.6. The fourth-order valence-corrected chi connectivity index (χ4v) is 1.88. The van der Waals surface area contributed by atoms with E-state index in [0.29, 0.717) is 0 Å². The van der Waals surface area contributed by atoms with E-state index < -0.39 is 4.92 Å². The summed E-state index contributed by atoms with van der Waals surface area (Å²) in [5, 5.41) is 13.8. The monoisotopic (exact) mass is 257 g/mol. The number of non-ortho nitro benzene ring substituents is 1. The Morgan fingerprint density at radius 3 is 2.05 bits per heavy atom. The van der Waals surface area contributed by atoms with Crippen molar-refractivity contribution in [2.45, 2.75) is 13.8 Å². The quantitative estimate of drug-likeness (QED) is 0.500. The van der Waals surface area contributed by atoms with E-state index in [1.807, 2.05) is 26.0 Å². The van der Waals surface area contributed by atoms with E-state index in [0.717, 1.165) is 28.2 Å². The predicted molar refractivity (Wildman–Crippen MR) is 76.7 cm³/mol. The van der Waals surface area contributed by atoms with Crippen LogP contribution in [0.15, 0.2) is 36.4 Å². The van der Waals surface area contributed by atoms with E-state index in [4.69, 9.17) is 5.73 Å². The van der Waals surface area contributed by atoms with Crippen molar-refractivity contribution in [3.05, 3.63) is 57.6 Å². The van der Waals surface area contributed by atoms with Crippen LogP contribution in [0.4, 0.5) is 22.7 Å². The summed E-state index contributed by atoms with van der Waals surface area (Å²) in [5.74, 6) is 0. The van der Waals surface area contributed by atoms with Gasteiger partial charge in [0.1, 0.15) is 0 Å². The molecular formula is C14H15N3O2. The topological polar surface area (TPSA) is 81.2 Å². The number of benzene rings is 2. The zero-order valence-corrected chi connectivity index (χ0v) is 10.8. The van der Waals surface area contributed by atoms with E-state index in [1.165, 1.54) is 12.1 Å². The first-order chi connectivity index (χ1) is 8.97. The van der Waals surface area contributed by atoms with Gasteiger partial charge in [-0.05, 0) is 49.2 Å². The fraction of sp³-hybridized carbons (Fsp3) is 0.143. The number of nitro benzene ring substituents is 1. The molecule has 0 aliphatic rings. The van der Waals surface area contributed by atoms with E-state index in [9.17, 15) is 10.1 Å². The van der Waals surface area contributed by atoms with Crippen molar-refractivity contribution in [2.24, 2.45) is 0 Å². The maximum absolute atomic E-state index is 10.6. The molecule has 3 N–H and O–H groups in total. The molecule has 0 heterocycles. The Labute approximate surface area is 111 Å². The summed E-state index contributed by atoms with van der Waals surface area (Å²) in [5.41, 5.74) is 10.5. The highest BCUT2D eigenvalue weighted by Crippen LogP contribution is 2.25. The van der Waals surface area contributed by atoms with Gasteiger partial charge in [0.2, 0.25) is 0 Å². The molecule has 0 spiro atoms. The molecule has 0 saturated carbocycles. The van der Waals surface area contributed by atoms with Crippen LogP contribution >= 0.6 is 0 Å². The summed E-state index contributed by atoms with van der Waals surface area (Å²) < 4.78 is 0. The van der Waals surface area contributed by atoms with Crippen LogP contribution < -0.4 is 11.1 Å². The van der Waals surface area contributed by atoms with Crippen molar-refractivity contribution in [1.82, 2.24) is 0 Å². The molecule has 0 unspecified atom stereocenters. The molecule has 5 nitrogen and oxygen atoms in total. The summed E-state index contributed by atoms with van der Waals surface area (Å²) in [6.07, 6.45) is 0. The van der Waals surface area contributed by atoms with E-state index in [-0.39, 0.29) is 5.69 Å². The molecule has 0 radical (unpaired) electrons. The lowest BCUT2D eigenvalue weighted by Crippen LogP contribution is -1.97. The van der Waals surface area contributed by atoms with Crippen LogP contribution in [0.5, 0.6) is 0 Å². The maximum Gasteiger partial charge on any atom is 0.269 e. The number of hydrogen-bond acceptors (Lipinski definition) is 4. The Morgan fingerprint density at radius 1 is 1.05 bits per heavy atom. The van der Waals surface area contributed by atoms with Gasteiger partial charge in [-0.15, -0.1) is 0 Å². The average molecular weight is 257 g/mol. The minimum absolute atomic E-state index is 0.0789. The summed E-state index contributed by atoms with van der Waals surface area (Å²) in [6.45, 7) is 3.90. The Morgan fingerprint density at radius 2 is 1.58 bits per heavy atom. The number of anilines is 3. The molecular weight excluding hydrogens is 242 g/mol. The van der Waals surface area contributed by atoms with Gasteiger partial charge in [-0.3, -0.25) is 10.1 Å². The molecule has 0 fully saturated rings. The van der Waals surface area contributed by atoms with Crippen LogP contribution in [0.1, 0.15) is 11.1 Å². The average Bonchev–Trinajstić information content (AvgIpc) is 2.36. The van der Waals surface area contributed by atoms with E-state index >= 15 is 0 Å². The van der Waals surface area contributed by atoms with Gasteiger partial charge in [0, 0.05) is 29.2 Å². The zero-order valence-electron chi connectivity index (χ0n) is 10.8. The molecule has 5 heteroatoms. The summed E-state index contributed by atoms with van der Waals surface area (Å²) in [6, 6.07) is 10.2. The molecule has 0 bridgehead atoms. The third-order valence-electron chi connectivity index (χ3n) is 2.96. The lowest BCUT2D eigenvalue weighted by molar-refractivity contribution is -0.384. The number of nitrogens with zero attached hydrogens (tertiary/aromatic N) is 1. The minimum Gasteiger partial charge on any atom is -0.398 e. The molecule has 2 aromatic carbocycles. The van der Waals surface area contributed by atoms with Crippen molar-refractivity contribution in [3.8, 4) is 0 Å². The van der Waals surface area contributed by atoms with Gasteiger partial charge in [0.15, 0.2) is 0 Å². The van der Waals surface area contributed by atoms with Gasteiger partial charge in [-0.1, -0.05) is 0 Å². The molecule has 0 aromatic heterocycles. The second-order valence-corrected chi connectivity index (χ2v) is 4.45.